The van der Waals surface area contributed by atoms with Crippen LogP contribution in [0.25, 0.3) is 22.5 Å². The van der Waals surface area contributed by atoms with Gasteiger partial charge in [-0.2, -0.15) is 5.10 Å². The number of hydrogen-bond acceptors (Lipinski definition) is 6. The molecule has 9 heteroatoms. The van der Waals surface area contributed by atoms with Gasteiger partial charge >= 0.3 is 0 Å². The van der Waals surface area contributed by atoms with Crippen molar-refractivity contribution in [3.8, 4) is 28.3 Å². The maximum Gasteiger partial charge on any atom is 0.274 e. The molecule has 0 fully saturated rings. The van der Waals surface area contributed by atoms with E-state index in [1.165, 1.54) is 17.0 Å². The van der Waals surface area contributed by atoms with E-state index in [-0.39, 0.29) is 18.3 Å². The van der Waals surface area contributed by atoms with E-state index >= 15 is 0 Å². The number of halogens is 1. The maximum atomic E-state index is 14.3. The Morgan fingerprint density at radius 2 is 2.03 bits per heavy atom. The Bertz CT molecular complexity index is 1460. The molecule has 0 saturated carbocycles. The van der Waals surface area contributed by atoms with Crippen LogP contribution >= 0.6 is 0 Å². The Morgan fingerprint density at radius 3 is 2.78 bits per heavy atom. The molecule has 36 heavy (non-hydrogen) atoms. The summed E-state index contributed by atoms with van der Waals surface area (Å²) in [7, 11) is 5.19. The molecule has 1 amide bonds. The average molecular weight is 487 g/mol. The van der Waals surface area contributed by atoms with Crippen LogP contribution in [0.2, 0.25) is 0 Å². The second-order valence-electron chi connectivity index (χ2n) is 8.79. The van der Waals surface area contributed by atoms with E-state index in [0.29, 0.717) is 41.5 Å². The Hall–Kier alpha value is -4.27. The predicted molar refractivity (Wildman–Crippen MR) is 135 cm³/mol. The second kappa shape index (κ2) is 9.41. The molecule has 1 aliphatic heterocycles. The molecule has 2 bridgehead atoms. The molecular formula is C27H27FN6O2. The van der Waals surface area contributed by atoms with Crippen LogP contribution in [0.5, 0.6) is 5.75 Å². The average Bonchev–Trinajstić information content (AvgIpc) is 3.24. The van der Waals surface area contributed by atoms with Crippen molar-refractivity contribution in [2.75, 3.05) is 26.5 Å². The number of nitrogens with one attached hydrogen (secondary N) is 1. The van der Waals surface area contributed by atoms with Gasteiger partial charge in [0.25, 0.3) is 5.91 Å². The molecule has 0 unspecified atom stereocenters. The molecule has 1 N–H and O–H groups in total. The molecule has 0 radical (unpaired) electrons. The highest BCUT2D eigenvalue weighted by Crippen LogP contribution is 2.37. The first-order valence-electron chi connectivity index (χ1n) is 11.8. The standard InChI is InChI=1S/C27H27FN6O2/c1-5-34-25-17-13-22(26(29-2)31-14-17)36-15-18-11-19(28)8-9-20(18)23-16(7-6-10-30-23)12-21(25)24(32-34)27(35)33(3)4/h6-11,13-14H,5,12,15H2,1-4H3,(H,29,31). The summed E-state index contributed by atoms with van der Waals surface area (Å²) in [6, 6.07) is 10.3. The lowest BCUT2D eigenvalue weighted by atomic mass is 9.93. The number of carbonyl (C=O) groups is 1. The Kier molecular flexibility index (Phi) is 6.13. The van der Waals surface area contributed by atoms with Crippen molar-refractivity contribution in [1.82, 2.24) is 24.6 Å². The number of ether oxygens (including phenoxy) is 1. The second-order valence-corrected chi connectivity index (χ2v) is 8.79. The van der Waals surface area contributed by atoms with Gasteiger partial charge in [0.05, 0.1) is 11.4 Å². The van der Waals surface area contributed by atoms with Crippen molar-refractivity contribution < 1.29 is 13.9 Å². The van der Waals surface area contributed by atoms with Crippen molar-refractivity contribution in [3.63, 3.8) is 0 Å². The number of carbonyl (C=O) groups excluding carboxylic acids is 1. The first-order valence-corrected chi connectivity index (χ1v) is 11.8. The van der Waals surface area contributed by atoms with Gasteiger partial charge in [-0.25, -0.2) is 9.37 Å². The van der Waals surface area contributed by atoms with Crippen LogP contribution in [-0.4, -0.2) is 51.7 Å². The zero-order valence-corrected chi connectivity index (χ0v) is 20.7. The Balaban J connectivity index is 1.84. The molecular weight excluding hydrogens is 459 g/mol. The third-order valence-corrected chi connectivity index (χ3v) is 6.29. The van der Waals surface area contributed by atoms with Gasteiger partial charge in [-0.05, 0) is 42.8 Å². The molecule has 0 saturated heterocycles. The number of aromatic nitrogens is 4. The van der Waals surface area contributed by atoms with E-state index in [2.05, 4.69) is 15.3 Å². The van der Waals surface area contributed by atoms with Gasteiger partial charge < -0.3 is 15.0 Å². The molecule has 3 aromatic heterocycles. The number of pyridine rings is 2. The monoisotopic (exact) mass is 486 g/mol. The number of fused-ring (bicyclic) bond motifs is 7. The summed E-state index contributed by atoms with van der Waals surface area (Å²) >= 11 is 0. The van der Waals surface area contributed by atoms with Crippen LogP contribution in [0.1, 0.15) is 34.1 Å². The number of aryl methyl sites for hydroxylation is 1. The Labute approximate surface area is 208 Å². The van der Waals surface area contributed by atoms with Crippen molar-refractivity contribution in [2.24, 2.45) is 0 Å². The van der Waals surface area contributed by atoms with E-state index in [1.54, 1.807) is 39.6 Å². The van der Waals surface area contributed by atoms with Crippen molar-refractivity contribution in [2.45, 2.75) is 26.5 Å². The van der Waals surface area contributed by atoms with Gasteiger partial charge in [0.15, 0.2) is 17.3 Å². The highest BCUT2D eigenvalue weighted by Gasteiger charge is 2.27. The number of anilines is 1. The van der Waals surface area contributed by atoms with Crippen molar-refractivity contribution in [1.29, 1.82) is 0 Å². The third-order valence-electron chi connectivity index (χ3n) is 6.29. The Morgan fingerprint density at radius 1 is 1.19 bits per heavy atom. The lowest BCUT2D eigenvalue weighted by Gasteiger charge is -2.18. The lowest BCUT2D eigenvalue weighted by Crippen LogP contribution is -2.23. The van der Waals surface area contributed by atoms with Gasteiger partial charge in [0, 0.05) is 68.8 Å². The molecule has 1 aliphatic rings. The smallest absolute Gasteiger partial charge is 0.274 e. The summed E-state index contributed by atoms with van der Waals surface area (Å²) in [5.41, 5.74) is 5.78. The van der Waals surface area contributed by atoms with E-state index in [9.17, 15) is 9.18 Å². The topological polar surface area (TPSA) is 85.2 Å². The molecule has 8 nitrogen and oxygen atoms in total. The molecule has 5 rings (SSSR count). The minimum absolute atomic E-state index is 0.132. The minimum atomic E-state index is -0.354. The number of benzene rings is 1. The van der Waals surface area contributed by atoms with Crippen LogP contribution in [0.15, 0.2) is 48.8 Å². The van der Waals surface area contributed by atoms with Gasteiger partial charge in [-0.15, -0.1) is 0 Å². The highest BCUT2D eigenvalue weighted by molar-refractivity contribution is 5.95. The molecule has 184 valence electrons. The number of amides is 1. The molecule has 1 aromatic carbocycles. The summed E-state index contributed by atoms with van der Waals surface area (Å²) in [5, 5.41) is 7.77. The SMILES string of the molecule is CCn1nc(C(=O)N(C)C)c2c1-c1cnc(NC)c(c1)OCc1cc(F)ccc1-c1ncccc1C2. The first-order chi connectivity index (χ1) is 17.4. The first kappa shape index (κ1) is 23.5. The van der Waals surface area contributed by atoms with Crippen molar-refractivity contribution in [3.05, 3.63) is 77.0 Å². The summed E-state index contributed by atoms with van der Waals surface area (Å²) in [6.45, 7) is 2.68. The quantitative estimate of drug-likeness (QED) is 0.462. The predicted octanol–water partition coefficient (Wildman–Crippen LogP) is 4.39. The van der Waals surface area contributed by atoms with Gasteiger partial charge in [-0.1, -0.05) is 6.07 Å². The normalized spacial score (nSPS) is 12.2. The van der Waals surface area contributed by atoms with Gasteiger partial charge in [0.1, 0.15) is 12.4 Å². The molecule has 0 aliphatic carbocycles. The summed E-state index contributed by atoms with van der Waals surface area (Å²) in [6.07, 6.45) is 3.87. The fourth-order valence-electron chi connectivity index (χ4n) is 4.56. The van der Waals surface area contributed by atoms with Crippen LogP contribution in [0.4, 0.5) is 10.2 Å². The summed E-state index contributed by atoms with van der Waals surface area (Å²) < 4.78 is 22.3. The number of nitrogens with zero attached hydrogens (tertiary/aromatic N) is 5. The molecule has 4 heterocycles. The van der Waals surface area contributed by atoms with Crippen LogP contribution in [0.3, 0.4) is 0 Å². The number of rotatable bonds is 3. The molecule has 4 aromatic rings. The van der Waals surface area contributed by atoms with Crippen LogP contribution in [0, 0.1) is 5.82 Å². The van der Waals surface area contributed by atoms with E-state index in [4.69, 9.17) is 9.84 Å². The van der Waals surface area contributed by atoms with Gasteiger partial charge in [0.2, 0.25) is 0 Å². The summed E-state index contributed by atoms with van der Waals surface area (Å²) in [4.78, 5) is 24.0. The van der Waals surface area contributed by atoms with Crippen LogP contribution < -0.4 is 10.1 Å². The molecule has 0 atom stereocenters. The fourth-order valence-corrected chi connectivity index (χ4v) is 4.56. The van der Waals surface area contributed by atoms with E-state index < -0.39 is 0 Å². The minimum Gasteiger partial charge on any atom is -0.485 e. The highest BCUT2D eigenvalue weighted by atomic mass is 19.1. The zero-order valence-electron chi connectivity index (χ0n) is 20.7. The van der Waals surface area contributed by atoms with Crippen molar-refractivity contribution >= 4 is 11.7 Å². The maximum absolute atomic E-state index is 14.3. The van der Waals surface area contributed by atoms with E-state index in [0.717, 1.165) is 27.9 Å². The number of hydrogen-bond donors (Lipinski definition) is 1. The third kappa shape index (κ3) is 4.06. The lowest BCUT2D eigenvalue weighted by molar-refractivity contribution is 0.0820. The van der Waals surface area contributed by atoms with E-state index in [1.807, 2.05) is 29.8 Å². The largest absolute Gasteiger partial charge is 0.485 e. The fraction of sp³-hybridized carbons (Fsp3) is 0.259. The summed E-state index contributed by atoms with van der Waals surface area (Å²) in [5.74, 6) is 0.533. The van der Waals surface area contributed by atoms with Crippen LogP contribution in [-0.2, 0) is 19.6 Å². The zero-order chi connectivity index (χ0) is 25.4. The van der Waals surface area contributed by atoms with Gasteiger partial charge in [-0.3, -0.25) is 14.5 Å². The molecule has 0 spiro atoms.